The van der Waals surface area contributed by atoms with Crippen LogP contribution in [0.25, 0.3) is 0 Å². The van der Waals surface area contributed by atoms with Gasteiger partial charge in [0, 0.05) is 19.3 Å². The minimum absolute atomic E-state index is 0.0861. The highest BCUT2D eigenvalue weighted by Gasteiger charge is 2.19. The number of hydrogen-bond acceptors (Lipinski definition) is 6. The first-order valence-corrected chi connectivity index (χ1v) is 28.5. The van der Waals surface area contributed by atoms with E-state index in [4.69, 9.17) is 14.2 Å². The van der Waals surface area contributed by atoms with Gasteiger partial charge in [-0.3, -0.25) is 14.4 Å². The molecule has 6 heteroatoms. The quantitative estimate of drug-likeness (QED) is 0.0262. The minimum Gasteiger partial charge on any atom is -0.462 e. The first-order valence-electron chi connectivity index (χ1n) is 28.5. The first-order chi connectivity index (χ1) is 33.0. The lowest BCUT2D eigenvalue weighted by Gasteiger charge is -2.18. The van der Waals surface area contributed by atoms with E-state index < -0.39 is 6.10 Å². The fourth-order valence-electron chi connectivity index (χ4n) is 8.12. The number of carbonyl (C=O) groups is 3. The predicted molar refractivity (Wildman–Crippen MR) is 288 cm³/mol. The Bertz CT molecular complexity index is 1260. The number of esters is 3. The Kier molecular flexibility index (Phi) is 52.8. The lowest BCUT2D eigenvalue weighted by Crippen LogP contribution is -2.30. The number of carbonyl (C=O) groups excluding carboxylic acids is 3. The van der Waals surface area contributed by atoms with Crippen LogP contribution in [0.1, 0.15) is 278 Å². The van der Waals surface area contributed by atoms with Gasteiger partial charge in [0.2, 0.25) is 0 Å². The van der Waals surface area contributed by atoms with Crippen molar-refractivity contribution in [3.8, 4) is 0 Å². The molecule has 0 N–H and O–H groups in total. The summed E-state index contributed by atoms with van der Waals surface area (Å²) in [6, 6.07) is 0. The lowest BCUT2D eigenvalue weighted by atomic mass is 10.0. The zero-order chi connectivity index (χ0) is 48.6. The summed E-state index contributed by atoms with van der Waals surface area (Å²) in [4.78, 5) is 38.1. The van der Waals surface area contributed by atoms with Crippen LogP contribution in [0.4, 0.5) is 0 Å². The third kappa shape index (κ3) is 53.7. The molecule has 0 saturated heterocycles. The van der Waals surface area contributed by atoms with E-state index in [-0.39, 0.29) is 31.1 Å². The van der Waals surface area contributed by atoms with Crippen molar-refractivity contribution in [2.75, 3.05) is 13.2 Å². The maximum atomic E-state index is 12.9. The topological polar surface area (TPSA) is 78.9 Å². The van der Waals surface area contributed by atoms with E-state index >= 15 is 0 Å². The number of hydrogen-bond donors (Lipinski definition) is 0. The zero-order valence-corrected chi connectivity index (χ0v) is 44.2. The standard InChI is InChI=1S/C61H106O6/c1-4-7-10-13-16-19-22-25-28-31-34-36-39-42-45-48-51-54-60(63)66-57-58(67-61(64)55-52-49-46-43-40-37-33-30-27-24-21-18-15-12-9-6-3)56-65-59(62)53-50-47-44-41-38-35-32-29-26-23-20-17-14-11-8-5-2/h7,10,13,16,19,22,25,28,31,34,36,39,58H,4-6,8-9,11-12,14-15,17-18,20-21,23-24,26-27,29-30,32-33,35,37-38,40-57H2,1-3H3/b10-7-,16-13-,22-19-,28-25-,34-31+,39-36-. The molecular formula is C61H106O6. The van der Waals surface area contributed by atoms with Crippen LogP contribution in [0.3, 0.4) is 0 Å². The molecule has 0 fully saturated rings. The van der Waals surface area contributed by atoms with Crippen molar-refractivity contribution in [2.45, 2.75) is 284 Å². The Labute approximate surface area is 414 Å². The summed E-state index contributed by atoms with van der Waals surface area (Å²) in [5.74, 6) is -0.919. The highest BCUT2D eigenvalue weighted by atomic mass is 16.6. The molecule has 0 aromatic rings. The van der Waals surface area contributed by atoms with Crippen LogP contribution in [0.15, 0.2) is 72.9 Å². The minimum atomic E-state index is -0.791. The maximum absolute atomic E-state index is 12.9. The summed E-state index contributed by atoms with van der Waals surface area (Å²) in [6.45, 7) is 6.49. The highest BCUT2D eigenvalue weighted by Crippen LogP contribution is 2.17. The molecule has 0 heterocycles. The summed E-state index contributed by atoms with van der Waals surface area (Å²) in [7, 11) is 0. The van der Waals surface area contributed by atoms with Gasteiger partial charge in [-0.1, -0.05) is 293 Å². The molecule has 6 nitrogen and oxygen atoms in total. The van der Waals surface area contributed by atoms with Crippen LogP contribution >= 0.6 is 0 Å². The Morgan fingerprint density at radius 1 is 0.313 bits per heavy atom. The zero-order valence-electron chi connectivity index (χ0n) is 44.2. The highest BCUT2D eigenvalue weighted by molar-refractivity contribution is 5.71. The van der Waals surface area contributed by atoms with Gasteiger partial charge in [0.25, 0.3) is 0 Å². The summed E-state index contributed by atoms with van der Waals surface area (Å²) in [5.41, 5.74) is 0. The fraction of sp³-hybridized carbons (Fsp3) is 0.754. The second-order valence-corrected chi connectivity index (χ2v) is 19.0. The van der Waals surface area contributed by atoms with Crippen molar-refractivity contribution < 1.29 is 28.6 Å². The molecule has 0 aliphatic carbocycles. The fourth-order valence-corrected chi connectivity index (χ4v) is 8.12. The van der Waals surface area contributed by atoms with Crippen molar-refractivity contribution in [1.29, 1.82) is 0 Å². The predicted octanol–water partition coefficient (Wildman–Crippen LogP) is 19.0. The average molecular weight is 936 g/mol. The van der Waals surface area contributed by atoms with Crippen LogP contribution in [-0.2, 0) is 28.6 Å². The normalized spacial score (nSPS) is 12.6. The van der Waals surface area contributed by atoms with Crippen LogP contribution in [0.2, 0.25) is 0 Å². The van der Waals surface area contributed by atoms with Gasteiger partial charge in [0.1, 0.15) is 13.2 Å². The molecule has 0 aliphatic heterocycles. The number of rotatable bonds is 51. The van der Waals surface area contributed by atoms with E-state index in [2.05, 4.69) is 32.9 Å². The molecule has 0 bridgehead atoms. The van der Waals surface area contributed by atoms with Gasteiger partial charge < -0.3 is 14.2 Å². The van der Waals surface area contributed by atoms with Crippen molar-refractivity contribution >= 4 is 17.9 Å². The first kappa shape index (κ1) is 63.8. The molecule has 0 aromatic carbocycles. The van der Waals surface area contributed by atoms with Gasteiger partial charge >= 0.3 is 17.9 Å². The third-order valence-electron chi connectivity index (χ3n) is 12.4. The molecule has 0 aromatic heterocycles. The van der Waals surface area contributed by atoms with E-state index in [1.165, 1.54) is 167 Å². The maximum Gasteiger partial charge on any atom is 0.306 e. The van der Waals surface area contributed by atoms with Gasteiger partial charge in [0.15, 0.2) is 6.10 Å². The van der Waals surface area contributed by atoms with E-state index in [1.54, 1.807) is 0 Å². The third-order valence-corrected chi connectivity index (χ3v) is 12.4. The van der Waals surface area contributed by atoms with Gasteiger partial charge in [-0.25, -0.2) is 0 Å². The molecule has 0 amide bonds. The molecule has 386 valence electrons. The van der Waals surface area contributed by atoms with Gasteiger partial charge in [-0.2, -0.15) is 0 Å². The van der Waals surface area contributed by atoms with Crippen LogP contribution in [-0.4, -0.2) is 37.2 Å². The summed E-state index contributed by atoms with van der Waals surface area (Å²) >= 11 is 0. The van der Waals surface area contributed by atoms with Gasteiger partial charge in [-0.15, -0.1) is 0 Å². The molecule has 0 spiro atoms. The summed E-state index contributed by atoms with van der Waals surface area (Å²) in [6.07, 6.45) is 70.3. The number of allylic oxidation sites excluding steroid dienone is 12. The molecule has 0 aliphatic rings. The Morgan fingerprint density at radius 3 is 0.910 bits per heavy atom. The lowest BCUT2D eigenvalue weighted by molar-refractivity contribution is -0.167. The van der Waals surface area contributed by atoms with Crippen LogP contribution in [0.5, 0.6) is 0 Å². The molecule has 0 rings (SSSR count). The number of ether oxygens (including phenoxy) is 3. The van der Waals surface area contributed by atoms with E-state index in [9.17, 15) is 14.4 Å². The van der Waals surface area contributed by atoms with E-state index in [0.29, 0.717) is 19.3 Å². The number of unbranched alkanes of at least 4 members (excludes halogenated alkanes) is 33. The van der Waals surface area contributed by atoms with Gasteiger partial charge in [0.05, 0.1) is 0 Å². The van der Waals surface area contributed by atoms with Crippen molar-refractivity contribution in [3.63, 3.8) is 0 Å². The molecule has 67 heavy (non-hydrogen) atoms. The second kappa shape index (κ2) is 55.4. The van der Waals surface area contributed by atoms with Crippen LogP contribution < -0.4 is 0 Å². The summed E-state index contributed by atoms with van der Waals surface area (Å²) < 4.78 is 16.8. The van der Waals surface area contributed by atoms with Gasteiger partial charge in [-0.05, 0) is 38.5 Å². The molecule has 0 saturated carbocycles. The molecule has 1 atom stereocenters. The SMILES string of the molecule is CC\C=C/C=C\C=C/C=C\C=C\C=C/CCCCCC(=O)OCC(COC(=O)CCCCCCCCCCCCCCCCCC)OC(=O)CCCCCCCCCCCCCCCCCC. The monoisotopic (exact) mass is 935 g/mol. The van der Waals surface area contributed by atoms with Crippen LogP contribution in [0, 0.1) is 0 Å². The second-order valence-electron chi connectivity index (χ2n) is 19.0. The molecule has 0 radical (unpaired) electrons. The smallest absolute Gasteiger partial charge is 0.306 e. The van der Waals surface area contributed by atoms with E-state index in [1.807, 2.05) is 60.8 Å². The van der Waals surface area contributed by atoms with Crippen molar-refractivity contribution in [3.05, 3.63) is 72.9 Å². The van der Waals surface area contributed by atoms with Crippen molar-refractivity contribution in [2.24, 2.45) is 0 Å². The average Bonchev–Trinajstić information content (AvgIpc) is 3.33. The molecule has 1 unspecified atom stereocenters. The van der Waals surface area contributed by atoms with Crippen molar-refractivity contribution in [1.82, 2.24) is 0 Å². The Hall–Kier alpha value is -3.15. The Balaban J connectivity index is 4.44. The Morgan fingerprint density at radius 2 is 0.582 bits per heavy atom. The largest absolute Gasteiger partial charge is 0.462 e. The van der Waals surface area contributed by atoms with E-state index in [0.717, 1.165) is 70.6 Å². The molecular weight excluding hydrogens is 829 g/mol. The summed E-state index contributed by atoms with van der Waals surface area (Å²) in [5, 5.41) is 0.